The second kappa shape index (κ2) is 5.46. The Labute approximate surface area is 155 Å². The normalized spacial score (nSPS) is 23.3. The molecule has 106 valence electrons. The molecule has 0 aliphatic heterocycles. The van der Waals surface area contributed by atoms with E-state index < -0.39 is 112 Å². The van der Waals surface area contributed by atoms with Crippen molar-refractivity contribution in [3.05, 3.63) is 90.6 Å². The van der Waals surface area contributed by atoms with Crippen LogP contribution in [0.5, 0.6) is 0 Å². The predicted octanol–water partition coefficient (Wildman–Crippen LogP) is 4.82. The molecule has 0 radical (unpaired) electrons. The van der Waals surface area contributed by atoms with Crippen molar-refractivity contribution in [3.8, 4) is 0 Å². The Morgan fingerprint density at radius 2 is 0.762 bits per heavy atom. The van der Waals surface area contributed by atoms with Crippen LogP contribution in [0.1, 0.15) is 20.6 Å². The summed E-state index contributed by atoms with van der Waals surface area (Å²) in [5.74, 6) is 0. The van der Waals surface area contributed by atoms with Crippen LogP contribution >= 0.6 is 27.8 Å². The minimum absolute atomic E-state index is 0.859. The minimum atomic E-state index is -6.08. The molecule has 0 aliphatic rings. The Hall–Kier alpha value is -1.33. The first-order chi connectivity index (χ1) is 16.3. The zero-order chi connectivity index (χ0) is 27.8. The van der Waals surface area contributed by atoms with Crippen LogP contribution in [0.25, 0.3) is 0 Å². The molecule has 0 N–H and O–H groups in total. The SMILES string of the molecule is [2H]c1c([2H])c([2H])c(P(Cl)(Cl)(c2c([2H])c([2H])c([2H])c([2H])c2[2H])c2c([2H])c([2H])c([2H])c([2H])c2[2H])c([2H])c1[2H]. The van der Waals surface area contributed by atoms with Gasteiger partial charge < -0.3 is 0 Å². The Morgan fingerprint density at radius 1 is 0.524 bits per heavy atom. The summed E-state index contributed by atoms with van der Waals surface area (Å²) in [5, 5.41) is -8.94. The predicted molar refractivity (Wildman–Crippen MR) is 96.9 cm³/mol. The van der Waals surface area contributed by atoms with Crippen molar-refractivity contribution >= 4 is 43.7 Å². The summed E-state index contributed by atoms with van der Waals surface area (Å²) in [5.41, 5.74) is 0. The molecule has 3 aromatic carbocycles. The van der Waals surface area contributed by atoms with E-state index in [0.29, 0.717) is 0 Å². The van der Waals surface area contributed by atoms with Gasteiger partial charge in [-0.25, -0.2) is 0 Å². The molecule has 0 saturated heterocycles. The summed E-state index contributed by atoms with van der Waals surface area (Å²) < 4.78 is 123. The van der Waals surface area contributed by atoms with Crippen LogP contribution in [0, 0.1) is 0 Å². The van der Waals surface area contributed by atoms with Gasteiger partial charge in [0.05, 0.1) is 0 Å². The Morgan fingerprint density at radius 3 is 1.00 bits per heavy atom. The molecule has 3 heteroatoms. The summed E-state index contributed by atoms with van der Waals surface area (Å²) >= 11 is 14.2. The number of rotatable bonds is 3. The molecular formula is C18H15Cl2P. The third-order valence-electron chi connectivity index (χ3n) is 2.64. The standard InChI is InChI=1S/C18H15Cl2P/c19-21(20,16-10-4-1-5-11-16,17-12-6-2-7-13-17)18-14-8-3-9-15-18/h1-15H/i1D,2D,3D,4D,5D,6D,7D,8D,9D,10D,11D,12D,13D,14D,15D. The molecular weight excluding hydrogens is 318 g/mol. The van der Waals surface area contributed by atoms with Crippen LogP contribution < -0.4 is 15.9 Å². The molecule has 0 nitrogen and oxygen atoms in total. The first-order valence-corrected chi connectivity index (χ1v) is 9.56. The summed E-state index contributed by atoms with van der Waals surface area (Å²) in [4.78, 5) is 0. The molecule has 3 aromatic rings. The van der Waals surface area contributed by atoms with Gasteiger partial charge in [-0.2, -0.15) is 0 Å². The molecule has 0 aliphatic carbocycles. The maximum atomic E-state index is 8.48. The molecule has 3 rings (SSSR count). The van der Waals surface area contributed by atoms with E-state index in [9.17, 15) is 0 Å². The molecule has 0 unspecified atom stereocenters. The summed E-state index contributed by atoms with van der Waals surface area (Å²) in [6, 6.07) is -14.4. The fourth-order valence-electron chi connectivity index (χ4n) is 1.65. The van der Waals surface area contributed by atoms with Crippen molar-refractivity contribution < 1.29 is 20.6 Å². The maximum absolute atomic E-state index is 8.48. The zero-order valence-corrected chi connectivity index (χ0v) is 12.6. The summed E-state index contributed by atoms with van der Waals surface area (Å²) in [6.45, 7) is 0. The number of hydrogen-bond donors (Lipinski definition) is 0. The Bertz CT molecular complexity index is 1230. The van der Waals surface area contributed by atoms with Gasteiger partial charge >= 0.3 is 155 Å². The fourth-order valence-corrected chi connectivity index (χ4v) is 5.36. The third-order valence-corrected chi connectivity index (χ3v) is 8.71. The van der Waals surface area contributed by atoms with Gasteiger partial charge in [0.15, 0.2) is 0 Å². The van der Waals surface area contributed by atoms with Crippen LogP contribution in [-0.2, 0) is 0 Å². The van der Waals surface area contributed by atoms with Crippen LogP contribution in [-0.4, -0.2) is 0 Å². The second-order valence-electron chi connectivity index (χ2n) is 3.83. The quantitative estimate of drug-likeness (QED) is 0.595. The Balaban J connectivity index is 2.88. The van der Waals surface area contributed by atoms with Crippen LogP contribution in [0.15, 0.2) is 90.6 Å². The molecule has 0 bridgehead atoms. The van der Waals surface area contributed by atoms with Gasteiger partial charge in [-0.15, -0.1) is 0 Å². The van der Waals surface area contributed by atoms with Crippen molar-refractivity contribution in [3.63, 3.8) is 0 Å². The molecule has 21 heavy (non-hydrogen) atoms. The van der Waals surface area contributed by atoms with E-state index >= 15 is 0 Å². The van der Waals surface area contributed by atoms with Gasteiger partial charge in [0.1, 0.15) is 0 Å². The van der Waals surface area contributed by atoms with E-state index in [2.05, 4.69) is 0 Å². The van der Waals surface area contributed by atoms with E-state index in [1.807, 2.05) is 0 Å². The van der Waals surface area contributed by atoms with Gasteiger partial charge in [0.2, 0.25) is 0 Å². The van der Waals surface area contributed by atoms with Crippen molar-refractivity contribution in [2.24, 2.45) is 0 Å². The third kappa shape index (κ3) is 2.38. The second-order valence-corrected chi connectivity index (χ2v) is 11.6. The van der Waals surface area contributed by atoms with E-state index in [0.717, 1.165) is 0 Å². The van der Waals surface area contributed by atoms with Gasteiger partial charge in [-0.1, -0.05) is 0 Å². The number of hydrogen-bond acceptors (Lipinski definition) is 0. The van der Waals surface area contributed by atoms with Gasteiger partial charge in [-0.05, 0) is 0 Å². The van der Waals surface area contributed by atoms with E-state index in [1.54, 1.807) is 0 Å². The average Bonchev–Trinajstić information content (AvgIpc) is 2.81. The molecule has 0 amide bonds. The van der Waals surface area contributed by atoms with Crippen LogP contribution in [0.4, 0.5) is 0 Å². The average molecular weight is 348 g/mol. The number of benzene rings is 3. The Kier molecular flexibility index (Phi) is 1.33. The monoisotopic (exact) mass is 347 g/mol. The molecule has 0 aromatic heterocycles. The van der Waals surface area contributed by atoms with Crippen molar-refractivity contribution in [1.29, 1.82) is 0 Å². The van der Waals surface area contributed by atoms with Gasteiger partial charge in [0.25, 0.3) is 0 Å². The topological polar surface area (TPSA) is 0 Å². The molecule has 0 fully saturated rings. The summed E-state index contributed by atoms with van der Waals surface area (Å²) in [6.07, 6.45) is 0. The zero-order valence-electron chi connectivity index (χ0n) is 25.2. The van der Waals surface area contributed by atoms with Gasteiger partial charge in [0, 0.05) is 0 Å². The molecule has 0 saturated carbocycles. The molecule has 0 atom stereocenters. The van der Waals surface area contributed by atoms with Crippen molar-refractivity contribution in [2.75, 3.05) is 0 Å². The fraction of sp³-hybridized carbons (Fsp3) is 0. The van der Waals surface area contributed by atoms with E-state index in [4.69, 9.17) is 43.0 Å². The molecule has 0 heterocycles. The van der Waals surface area contributed by atoms with Crippen LogP contribution in [0.3, 0.4) is 0 Å². The van der Waals surface area contributed by atoms with E-state index in [1.165, 1.54) is 0 Å². The van der Waals surface area contributed by atoms with Crippen LogP contribution in [0.2, 0.25) is 0 Å². The summed E-state index contributed by atoms with van der Waals surface area (Å²) in [7, 11) is 0. The van der Waals surface area contributed by atoms with Crippen molar-refractivity contribution in [1.82, 2.24) is 0 Å². The first kappa shape index (κ1) is 5.10. The van der Waals surface area contributed by atoms with Gasteiger partial charge in [-0.3, -0.25) is 0 Å². The first-order valence-electron chi connectivity index (χ1n) is 13.0. The number of halogens is 2. The molecule has 0 spiro atoms. The van der Waals surface area contributed by atoms with E-state index in [-0.39, 0.29) is 0 Å². The van der Waals surface area contributed by atoms with Crippen molar-refractivity contribution in [2.45, 2.75) is 0 Å².